The molecule has 0 radical (unpaired) electrons. The number of thiazole rings is 1. The van der Waals surface area contributed by atoms with Crippen LogP contribution in [0, 0.1) is 18.3 Å². The van der Waals surface area contributed by atoms with E-state index < -0.39 is 5.91 Å². The summed E-state index contributed by atoms with van der Waals surface area (Å²) < 4.78 is 10.5. The minimum absolute atomic E-state index is 0.0301. The summed E-state index contributed by atoms with van der Waals surface area (Å²) in [5.74, 6) is 0.578. The number of carbonyl (C=O) groups is 1. The molecule has 3 rings (SSSR count). The van der Waals surface area contributed by atoms with Crippen molar-refractivity contribution in [3.63, 3.8) is 0 Å². The number of hydrogen-bond donors (Lipinski definition) is 1. The van der Waals surface area contributed by atoms with Gasteiger partial charge in [0.15, 0.2) is 16.6 Å². The quantitative estimate of drug-likeness (QED) is 0.447. The van der Waals surface area contributed by atoms with Crippen LogP contribution in [-0.2, 0) is 11.2 Å². The molecule has 0 bridgehead atoms. The van der Waals surface area contributed by atoms with E-state index in [-0.39, 0.29) is 5.57 Å². The molecule has 1 heterocycles. The maximum atomic E-state index is 12.5. The Bertz CT molecular complexity index is 1110. The molecule has 0 fully saturated rings. The number of aromatic nitrogens is 1. The Labute approximate surface area is 179 Å². The van der Waals surface area contributed by atoms with Gasteiger partial charge in [-0.15, -0.1) is 11.3 Å². The molecule has 1 amide bonds. The number of carbonyl (C=O) groups excluding carboxylic acids is 1. The Morgan fingerprint density at radius 3 is 2.57 bits per heavy atom. The Balaban J connectivity index is 1.71. The minimum atomic E-state index is -0.511. The third-order valence-corrected chi connectivity index (χ3v) is 5.27. The summed E-state index contributed by atoms with van der Waals surface area (Å²) in [7, 11) is 3.07. The summed E-state index contributed by atoms with van der Waals surface area (Å²) in [4.78, 5) is 17.8. The molecule has 0 unspecified atom stereocenters. The van der Waals surface area contributed by atoms with E-state index in [1.54, 1.807) is 31.5 Å². The van der Waals surface area contributed by atoms with Crippen LogP contribution < -0.4 is 14.8 Å². The molecule has 152 valence electrons. The average Bonchev–Trinajstić information content (AvgIpc) is 3.19. The van der Waals surface area contributed by atoms with Crippen LogP contribution in [0.5, 0.6) is 11.5 Å². The molecule has 0 atom stereocenters. The van der Waals surface area contributed by atoms with E-state index in [1.165, 1.54) is 35.6 Å². The highest BCUT2D eigenvalue weighted by Crippen LogP contribution is 2.28. The standard InChI is InChI=1S/C23H21N3O3S/c1-15-4-6-16(7-5-15)11-19-14-25-23(30-19)26-22(27)18(13-24)10-17-8-9-20(28-2)21(12-17)29-3/h4-10,12,14H,11H2,1-3H3,(H,25,26,27). The highest BCUT2D eigenvalue weighted by atomic mass is 32.1. The molecule has 0 saturated heterocycles. The highest BCUT2D eigenvalue weighted by Gasteiger charge is 2.13. The molecule has 7 heteroatoms. The first-order valence-electron chi connectivity index (χ1n) is 9.18. The zero-order chi connectivity index (χ0) is 21.5. The van der Waals surface area contributed by atoms with Crippen LogP contribution in [0.15, 0.2) is 54.2 Å². The molecular weight excluding hydrogens is 398 g/mol. The number of methoxy groups -OCH3 is 2. The summed E-state index contributed by atoms with van der Waals surface area (Å²) >= 11 is 1.39. The third-order valence-electron chi connectivity index (χ3n) is 4.36. The summed E-state index contributed by atoms with van der Waals surface area (Å²) in [6, 6.07) is 15.4. The first kappa shape index (κ1) is 21.1. The first-order valence-corrected chi connectivity index (χ1v) is 9.99. The zero-order valence-electron chi connectivity index (χ0n) is 16.9. The van der Waals surface area contributed by atoms with E-state index in [2.05, 4.69) is 34.6 Å². The largest absolute Gasteiger partial charge is 0.493 e. The van der Waals surface area contributed by atoms with Gasteiger partial charge in [0.2, 0.25) is 0 Å². The second-order valence-corrected chi connectivity index (χ2v) is 7.65. The molecule has 0 aliphatic carbocycles. The minimum Gasteiger partial charge on any atom is -0.493 e. The van der Waals surface area contributed by atoms with Crippen LogP contribution in [0.2, 0.25) is 0 Å². The smallest absolute Gasteiger partial charge is 0.268 e. The number of nitriles is 1. The Morgan fingerprint density at radius 2 is 1.90 bits per heavy atom. The number of rotatable bonds is 7. The lowest BCUT2D eigenvalue weighted by Gasteiger charge is -2.08. The van der Waals surface area contributed by atoms with Crippen LogP contribution in [0.1, 0.15) is 21.6 Å². The molecule has 0 aliphatic rings. The van der Waals surface area contributed by atoms with Crippen molar-refractivity contribution in [1.29, 1.82) is 5.26 Å². The Morgan fingerprint density at radius 1 is 1.17 bits per heavy atom. The average molecular weight is 420 g/mol. The zero-order valence-corrected chi connectivity index (χ0v) is 17.7. The lowest BCUT2D eigenvalue weighted by molar-refractivity contribution is -0.112. The topological polar surface area (TPSA) is 84.2 Å². The summed E-state index contributed by atoms with van der Waals surface area (Å²) in [6.45, 7) is 2.05. The third kappa shape index (κ3) is 5.25. The van der Waals surface area contributed by atoms with Gasteiger partial charge in [-0.1, -0.05) is 35.9 Å². The molecule has 30 heavy (non-hydrogen) atoms. The van der Waals surface area contributed by atoms with E-state index in [0.717, 1.165) is 11.3 Å². The lowest BCUT2D eigenvalue weighted by atomic mass is 10.1. The van der Waals surface area contributed by atoms with E-state index in [1.807, 2.05) is 13.0 Å². The van der Waals surface area contributed by atoms with Gasteiger partial charge in [-0.2, -0.15) is 5.26 Å². The molecule has 0 spiro atoms. The number of ether oxygens (including phenoxy) is 2. The van der Waals surface area contributed by atoms with Crippen LogP contribution in [0.3, 0.4) is 0 Å². The number of hydrogen-bond acceptors (Lipinski definition) is 6. The lowest BCUT2D eigenvalue weighted by Crippen LogP contribution is -2.13. The van der Waals surface area contributed by atoms with Gasteiger partial charge in [-0.25, -0.2) is 4.98 Å². The summed E-state index contributed by atoms with van der Waals surface area (Å²) in [5.41, 5.74) is 3.01. The van der Waals surface area contributed by atoms with Crippen molar-refractivity contribution >= 4 is 28.5 Å². The normalized spacial score (nSPS) is 10.9. The highest BCUT2D eigenvalue weighted by molar-refractivity contribution is 7.15. The molecule has 3 aromatic rings. The summed E-state index contributed by atoms with van der Waals surface area (Å²) in [5, 5.41) is 12.6. The number of nitrogens with zero attached hydrogens (tertiary/aromatic N) is 2. The maximum absolute atomic E-state index is 12.5. The predicted molar refractivity (Wildman–Crippen MR) is 118 cm³/mol. The summed E-state index contributed by atoms with van der Waals surface area (Å²) in [6.07, 6.45) is 3.97. The number of aryl methyl sites for hydroxylation is 1. The fourth-order valence-corrected chi connectivity index (χ4v) is 3.62. The fourth-order valence-electron chi connectivity index (χ4n) is 2.78. The maximum Gasteiger partial charge on any atom is 0.268 e. The van der Waals surface area contributed by atoms with Crippen LogP contribution in [0.25, 0.3) is 6.08 Å². The number of benzene rings is 2. The molecule has 6 nitrogen and oxygen atoms in total. The number of nitrogens with one attached hydrogen (secondary N) is 1. The fraction of sp³-hybridized carbons (Fsp3) is 0.174. The second kappa shape index (κ2) is 9.72. The van der Waals surface area contributed by atoms with Crippen molar-refractivity contribution in [1.82, 2.24) is 4.98 Å². The van der Waals surface area contributed by atoms with Gasteiger partial charge in [0.05, 0.1) is 14.2 Å². The Kier molecular flexibility index (Phi) is 6.83. The van der Waals surface area contributed by atoms with Gasteiger partial charge >= 0.3 is 0 Å². The van der Waals surface area contributed by atoms with Crippen LogP contribution in [-0.4, -0.2) is 25.1 Å². The monoisotopic (exact) mass is 419 g/mol. The van der Waals surface area contributed by atoms with Crippen molar-refractivity contribution in [2.45, 2.75) is 13.3 Å². The second-order valence-electron chi connectivity index (χ2n) is 6.53. The van der Waals surface area contributed by atoms with E-state index in [4.69, 9.17) is 9.47 Å². The van der Waals surface area contributed by atoms with Crippen molar-refractivity contribution in [2.75, 3.05) is 19.5 Å². The van der Waals surface area contributed by atoms with Crippen LogP contribution in [0.4, 0.5) is 5.13 Å². The van der Waals surface area contributed by atoms with Crippen molar-refractivity contribution in [2.24, 2.45) is 0 Å². The van der Waals surface area contributed by atoms with Crippen molar-refractivity contribution in [3.05, 3.63) is 75.8 Å². The molecular formula is C23H21N3O3S. The van der Waals surface area contributed by atoms with Crippen molar-refractivity contribution < 1.29 is 14.3 Å². The Hall–Kier alpha value is -3.63. The van der Waals surface area contributed by atoms with Gasteiger partial charge in [-0.05, 0) is 36.3 Å². The number of amides is 1. The van der Waals surface area contributed by atoms with E-state index >= 15 is 0 Å². The molecule has 2 aromatic carbocycles. The van der Waals surface area contributed by atoms with Crippen molar-refractivity contribution in [3.8, 4) is 17.6 Å². The predicted octanol–water partition coefficient (Wildman–Crippen LogP) is 4.61. The first-order chi connectivity index (χ1) is 14.5. The van der Waals surface area contributed by atoms with Gasteiger partial charge in [0.1, 0.15) is 11.6 Å². The van der Waals surface area contributed by atoms with Crippen LogP contribution >= 0.6 is 11.3 Å². The van der Waals surface area contributed by atoms with Gasteiger partial charge < -0.3 is 9.47 Å². The SMILES string of the molecule is COc1ccc(C=C(C#N)C(=O)Nc2ncc(Cc3ccc(C)cc3)s2)cc1OC. The van der Waals surface area contributed by atoms with E-state index in [0.29, 0.717) is 22.2 Å². The molecule has 1 N–H and O–H groups in total. The van der Waals surface area contributed by atoms with E-state index in [9.17, 15) is 10.1 Å². The molecule has 0 aliphatic heterocycles. The van der Waals surface area contributed by atoms with Gasteiger partial charge in [-0.3, -0.25) is 10.1 Å². The number of anilines is 1. The molecule has 1 aromatic heterocycles. The van der Waals surface area contributed by atoms with Gasteiger partial charge in [0, 0.05) is 17.5 Å². The molecule has 0 saturated carbocycles. The van der Waals surface area contributed by atoms with Gasteiger partial charge in [0.25, 0.3) is 5.91 Å².